The highest BCUT2D eigenvalue weighted by molar-refractivity contribution is 7.99. The highest BCUT2D eigenvalue weighted by Crippen LogP contribution is 2.26. The molecule has 0 radical (unpaired) electrons. The minimum absolute atomic E-state index is 0.127. The number of carbonyl (C=O) groups excluding carboxylic acids is 1. The van der Waals surface area contributed by atoms with Gasteiger partial charge in [0.15, 0.2) is 5.69 Å². The number of carbonyl (C=O) groups is 1. The number of rotatable bonds is 6. The van der Waals surface area contributed by atoms with Crippen molar-refractivity contribution in [2.75, 3.05) is 31.1 Å². The molecule has 1 N–H and O–H groups in total. The summed E-state index contributed by atoms with van der Waals surface area (Å²) in [6.45, 7) is 2.70. The van der Waals surface area contributed by atoms with E-state index in [1.807, 2.05) is 28.4 Å². The summed E-state index contributed by atoms with van der Waals surface area (Å²) < 4.78 is 1.94. The summed E-state index contributed by atoms with van der Waals surface area (Å²) in [6.07, 6.45) is 5.27. The van der Waals surface area contributed by atoms with Gasteiger partial charge < -0.3 is 10.2 Å². The van der Waals surface area contributed by atoms with Gasteiger partial charge in [0.25, 0.3) is 5.91 Å². The smallest absolute Gasteiger partial charge is 0.274 e. The van der Waals surface area contributed by atoms with Crippen LogP contribution >= 0.6 is 11.8 Å². The maximum absolute atomic E-state index is 13.0. The van der Waals surface area contributed by atoms with Crippen molar-refractivity contribution in [3.8, 4) is 0 Å². The summed E-state index contributed by atoms with van der Waals surface area (Å²) in [5, 5.41) is 8.35. The molecule has 1 aliphatic carbocycles. The summed E-state index contributed by atoms with van der Waals surface area (Å²) >= 11 is 1.93. The van der Waals surface area contributed by atoms with E-state index in [1.165, 1.54) is 16.8 Å². The standard InChI is InChI=1S/C22H30N4OS/c1-25-20-10-9-18(23-11-5-8-17-6-3-2-4-7-17)16-19(20)21(24-25)22(27)26-12-14-28-15-13-26/h2-4,6-7,18,23H,5,8-16H2,1H3. The lowest BCUT2D eigenvalue weighted by Gasteiger charge is -2.27. The molecular formula is C22H30N4OS. The van der Waals surface area contributed by atoms with E-state index >= 15 is 0 Å². The Morgan fingerprint density at radius 2 is 2.04 bits per heavy atom. The molecule has 1 saturated heterocycles. The Morgan fingerprint density at radius 1 is 1.25 bits per heavy atom. The number of benzene rings is 1. The Hall–Kier alpha value is -1.79. The number of thioether (sulfide) groups is 1. The molecule has 28 heavy (non-hydrogen) atoms. The van der Waals surface area contributed by atoms with Gasteiger partial charge in [-0.2, -0.15) is 16.9 Å². The molecule has 0 spiro atoms. The number of aromatic nitrogens is 2. The average molecular weight is 399 g/mol. The number of nitrogens with zero attached hydrogens (tertiary/aromatic N) is 3. The molecule has 1 aromatic heterocycles. The van der Waals surface area contributed by atoms with Crippen LogP contribution in [0.1, 0.15) is 40.2 Å². The van der Waals surface area contributed by atoms with E-state index in [0.29, 0.717) is 11.7 Å². The van der Waals surface area contributed by atoms with Crippen LogP contribution in [-0.2, 0) is 26.3 Å². The lowest BCUT2D eigenvalue weighted by atomic mass is 9.91. The largest absolute Gasteiger partial charge is 0.336 e. The van der Waals surface area contributed by atoms with Crippen molar-refractivity contribution in [1.29, 1.82) is 0 Å². The zero-order chi connectivity index (χ0) is 19.3. The predicted molar refractivity (Wildman–Crippen MR) is 115 cm³/mol. The van der Waals surface area contributed by atoms with Crippen LogP contribution in [0.25, 0.3) is 0 Å². The molecule has 1 aliphatic heterocycles. The molecule has 2 aliphatic rings. The number of nitrogens with one attached hydrogen (secondary N) is 1. The molecule has 1 fully saturated rings. The van der Waals surface area contributed by atoms with E-state index in [9.17, 15) is 4.79 Å². The fraction of sp³-hybridized carbons (Fsp3) is 0.545. The highest BCUT2D eigenvalue weighted by atomic mass is 32.2. The minimum atomic E-state index is 0.127. The lowest BCUT2D eigenvalue weighted by molar-refractivity contribution is 0.0764. The quantitative estimate of drug-likeness (QED) is 0.760. The first-order chi connectivity index (χ1) is 13.7. The monoisotopic (exact) mass is 398 g/mol. The molecule has 2 aromatic rings. The Morgan fingerprint density at radius 3 is 2.82 bits per heavy atom. The summed E-state index contributed by atoms with van der Waals surface area (Å²) in [5.41, 5.74) is 4.52. The zero-order valence-corrected chi connectivity index (χ0v) is 17.5. The zero-order valence-electron chi connectivity index (χ0n) is 16.7. The van der Waals surface area contributed by atoms with Gasteiger partial charge in [-0.1, -0.05) is 30.3 Å². The van der Waals surface area contributed by atoms with E-state index in [4.69, 9.17) is 0 Å². The first-order valence-electron chi connectivity index (χ1n) is 10.4. The van der Waals surface area contributed by atoms with Crippen LogP contribution in [-0.4, -0.2) is 57.8 Å². The second-order valence-corrected chi connectivity index (χ2v) is 9.01. The lowest BCUT2D eigenvalue weighted by Crippen LogP contribution is -2.39. The van der Waals surface area contributed by atoms with Crippen LogP contribution in [0.4, 0.5) is 0 Å². The molecular weight excluding hydrogens is 368 g/mol. The third-order valence-electron chi connectivity index (χ3n) is 5.87. The summed E-state index contributed by atoms with van der Waals surface area (Å²) in [6, 6.07) is 11.1. The molecule has 5 nitrogen and oxygen atoms in total. The molecule has 0 saturated carbocycles. The number of hydrogen-bond donors (Lipinski definition) is 1. The van der Waals surface area contributed by atoms with Crippen molar-refractivity contribution >= 4 is 17.7 Å². The molecule has 1 aromatic carbocycles. The second-order valence-electron chi connectivity index (χ2n) is 7.79. The van der Waals surface area contributed by atoms with Gasteiger partial charge in [0.05, 0.1) is 0 Å². The van der Waals surface area contributed by atoms with E-state index in [1.54, 1.807) is 0 Å². The summed E-state index contributed by atoms with van der Waals surface area (Å²) in [7, 11) is 1.98. The molecule has 4 rings (SSSR count). The molecule has 2 heterocycles. The normalized spacial score (nSPS) is 19.5. The van der Waals surface area contributed by atoms with Gasteiger partial charge in [-0.3, -0.25) is 9.48 Å². The molecule has 1 atom stereocenters. The molecule has 1 amide bonds. The van der Waals surface area contributed by atoms with Crippen molar-refractivity contribution < 1.29 is 4.79 Å². The van der Waals surface area contributed by atoms with Crippen molar-refractivity contribution in [1.82, 2.24) is 20.0 Å². The maximum atomic E-state index is 13.0. The SMILES string of the molecule is Cn1nc(C(=O)N2CCSCC2)c2c1CCC(NCCCc1ccccc1)C2. The van der Waals surface area contributed by atoms with Crippen molar-refractivity contribution in [3.63, 3.8) is 0 Å². The fourth-order valence-electron chi connectivity index (χ4n) is 4.29. The first kappa shape index (κ1) is 19.5. The first-order valence-corrected chi connectivity index (χ1v) is 11.6. The van der Waals surface area contributed by atoms with E-state index < -0.39 is 0 Å². The van der Waals surface area contributed by atoms with Gasteiger partial charge >= 0.3 is 0 Å². The minimum Gasteiger partial charge on any atom is -0.336 e. The van der Waals surface area contributed by atoms with E-state index in [-0.39, 0.29) is 5.91 Å². The van der Waals surface area contributed by atoms with Crippen LogP contribution in [0, 0.1) is 0 Å². The topological polar surface area (TPSA) is 50.2 Å². The summed E-state index contributed by atoms with van der Waals surface area (Å²) in [4.78, 5) is 15.0. The average Bonchev–Trinajstić information content (AvgIpc) is 3.08. The van der Waals surface area contributed by atoms with Gasteiger partial charge in [-0.15, -0.1) is 0 Å². The number of hydrogen-bond acceptors (Lipinski definition) is 4. The molecule has 6 heteroatoms. The highest BCUT2D eigenvalue weighted by Gasteiger charge is 2.30. The van der Waals surface area contributed by atoms with Crippen LogP contribution < -0.4 is 5.32 Å². The Labute approximate surface area is 171 Å². The van der Waals surface area contributed by atoms with Crippen molar-refractivity contribution in [2.45, 2.75) is 38.1 Å². The van der Waals surface area contributed by atoms with Gasteiger partial charge in [-0.25, -0.2) is 0 Å². The van der Waals surface area contributed by atoms with Crippen LogP contribution in [0.5, 0.6) is 0 Å². The Bertz CT molecular complexity index is 798. The van der Waals surface area contributed by atoms with Crippen LogP contribution in [0.2, 0.25) is 0 Å². The van der Waals surface area contributed by atoms with Crippen LogP contribution in [0.3, 0.4) is 0 Å². The van der Waals surface area contributed by atoms with Crippen LogP contribution in [0.15, 0.2) is 30.3 Å². The molecule has 0 bridgehead atoms. The number of fused-ring (bicyclic) bond motifs is 1. The summed E-state index contributed by atoms with van der Waals surface area (Å²) in [5.74, 6) is 2.19. The van der Waals surface area contributed by atoms with Gasteiger partial charge in [0.2, 0.25) is 0 Å². The molecule has 1 unspecified atom stereocenters. The Kier molecular flexibility index (Phi) is 6.37. The number of aryl methyl sites for hydroxylation is 2. The van der Waals surface area contributed by atoms with Gasteiger partial charge in [0.1, 0.15) is 0 Å². The van der Waals surface area contributed by atoms with Crippen molar-refractivity contribution in [2.24, 2.45) is 7.05 Å². The van der Waals surface area contributed by atoms with Crippen molar-refractivity contribution in [3.05, 3.63) is 52.8 Å². The van der Waals surface area contributed by atoms with Gasteiger partial charge in [0, 0.05) is 48.9 Å². The maximum Gasteiger partial charge on any atom is 0.274 e. The third kappa shape index (κ3) is 4.44. The predicted octanol–water partition coefficient (Wildman–Crippen LogP) is 2.69. The number of amides is 1. The fourth-order valence-corrected chi connectivity index (χ4v) is 5.20. The molecule has 150 valence electrons. The Balaban J connectivity index is 1.35. The second kappa shape index (κ2) is 9.14. The van der Waals surface area contributed by atoms with Gasteiger partial charge in [-0.05, 0) is 44.2 Å². The third-order valence-corrected chi connectivity index (χ3v) is 6.82. The van der Waals surface area contributed by atoms with E-state index in [2.05, 4.69) is 40.7 Å². The van der Waals surface area contributed by atoms with E-state index in [0.717, 1.165) is 63.2 Å².